The number of carboxylic acids is 1. The highest BCUT2D eigenvalue weighted by Crippen LogP contribution is 2.26. The highest BCUT2D eigenvalue weighted by Gasteiger charge is 2.22. The third-order valence-electron chi connectivity index (χ3n) is 4.75. The zero-order valence-electron chi connectivity index (χ0n) is 16.7. The van der Waals surface area contributed by atoms with Gasteiger partial charge in [-0.25, -0.2) is 18.4 Å². The van der Waals surface area contributed by atoms with Crippen LogP contribution in [0.25, 0.3) is 11.1 Å². The largest absolute Gasteiger partial charge is 0.480 e. The second-order valence-corrected chi connectivity index (χ2v) is 8.53. The molecular weight excluding hydrogens is 430 g/mol. The second-order valence-electron chi connectivity index (χ2n) is 7.00. The van der Waals surface area contributed by atoms with E-state index in [1.165, 1.54) is 18.2 Å². The standard InChI is InChI=1S/C23H19N3O5S/c24-14-16-5-3-4-15(12-16)13-20(23(28)29)26-22(27)18-10-8-17(9-11-18)19-6-1-2-7-21(19)32(25,30)31/h1-12,20H,13H2,(H,26,27)(H,28,29)(H2,25,30,31). The smallest absolute Gasteiger partial charge is 0.326 e. The maximum Gasteiger partial charge on any atom is 0.326 e. The van der Waals surface area contributed by atoms with Crippen molar-refractivity contribution in [2.75, 3.05) is 0 Å². The number of carbonyl (C=O) groups is 2. The first kappa shape index (κ1) is 22.7. The summed E-state index contributed by atoms with van der Waals surface area (Å²) in [7, 11) is -3.93. The van der Waals surface area contributed by atoms with Crippen LogP contribution in [0, 0.1) is 11.3 Å². The summed E-state index contributed by atoms with van der Waals surface area (Å²) in [5.41, 5.74) is 2.14. The number of primary sulfonamides is 1. The number of nitrogens with one attached hydrogen (secondary N) is 1. The lowest BCUT2D eigenvalue weighted by Crippen LogP contribution is -2.42. The summed E-state index contributed by atoms with van der Waals surface area (Å²) >= 11 is 0. The quantitative estimate of drug-likeness (QED) is 0.504. The minimum atomic E-state index is -3.93. The fourth-order valence-corrected chi connectivity index (χ4v) is 3.96. The number of sulfonamides is 1. The number of nitrogens with zero attached hydrogens (tertiary/aromatic N) is 1. The average Bonchev–Trinajstić information content (AvgIpc) is 2.78. The molecule has 1 atom stereocenters. The molecule has 1 amide bonds. The highest BCUT2D eigenvalue weighted by atomic mass is 32.2. The number of nitriles is 1. The Morgan fingerprint density at radius 2 is 1.72 bits per heavy atom. The first-order chi connectivity index (χ1) is 15.2. The van der Waals surface area contributed by atoms with Gasteiger partial charge in [-0.15, -0.1) is 0 Å². The molecule has 3 aromatic carbocycles. The van der Waals surface area contributed by atoms with Gasteiger partial charge in [-0.3, -0.25) is 4.79 Å². The molecule has 0 spiro atoms. The van der Waals surface area contributed by atoms with Crippen molar-refractivity contribution >= 4 is 21.9 Å². The molecule has 0 aromatic heterocycles. The number of amides is 1. The number of aliphatic carboxylic acids is 1. The summed E-state index contributed by atoms with van der Waals surface area (Å²) in [6.45, 7) is 0. The number of carbonyl (C=O) groups excluding carboxylic acids is 1. The summed E-state index contributed by atoms with van der Waals surface area (Å²) < 4.78 is 23.6. The number of hydrogen-bond acceptors (Lipinski definition) is 5. The van der Waals surface area contributed by atoms with Crippen molar-refractivity contribution in [2.45, 2.75) is 17.4 Å². The maximum absolute atomic E-state index is 12.6. The second kappa shape index (κ2) is 9.43. The van der Waals surface area contributed by atoms with Crippen LogP contribution in [0.15, 0.2) is 77.7 Å². The van der Waals surface area contributed by atoms with E-state index in [4.69, 9.17) is 10.4 Å². The summed E-state index contributed by atoms with van der Waals surface area (Å²) in [5.74, 6) is -1.81. The predicted molar refractivity (Wildman–Crippen MR) is 117 cm³/mol. The van der Waals surface area contributed by atoms with Crippen LogP contribution in [0.1, 0.15) is 21.5 Å². The van der Waals surface area contributed by atoms with Crippen LogP contribution in [-0.4, -0.2) is 31.4 Å². The van der Waals surface area contributed by atoms with Gasteiger partial charge in [0, 0.05) is 17.5 Å². The van der Waals surface area contributed by atoms with Gasteiger partial charge in [-0.05, 0) is 41.5 Å². The van der Waals surface area contributed by atoms with Crippen LogP contribution < -0.4 is 10.5 Å². The van der Waals surface area contributed by atoms with Gasteiger partial charge in [-0.2, -0.15) is 5.26 Å². The molecule has 8 nitrogen and oxygen atoms in total. The van der Waals surface area contributed by atoms with Gasteiger partial charge >= 0.3 is 5.97 Å². The van der Waals surface area contributed by atoms with Gasteiger partial charge in [0.05, 0.1) is 16.5 Å². The summed E-state index contributed by atoms with van der Waals surface area (Å²) in [4.78, 5) is 24.2. The van der Waals surface area contributed by atoms with E-state index in [0.29, 0.717) is 22.3 Å². The van der Waals surface area contributed by atoms with Crippen LogP contribution in [0.2, 0.25) is 0 Å². The molecule has 0 saturated heterocycles. The molecular formula is C23H19N3O5S. The number of rotatable bonds is 7. The SMILES string of the molecule is N#Cc1cccc(CC(NC(=O)c2ccc(-c3ccccc3S(N)(=O)=O)cc2)C(=O)O)c1. The van der Waals surface area contributed by atoms with Crippen molar-refractivity contribution in [1.82, 2.24) is 5.32 Å². The number of hydrogen-bond donors (Lipinski definition) is 3. The Labute approximate surface area is 185 Å². The van der Waals surface area contributed by atoms with Gasteiger partial charge in [-0.1, -0.05) is 42.5 Å². The number of benzene rings is 3. The van der Waals surface area contributed by atoms with E-state index in [2.05, 4.69) is 5.32 Å². The molecule has 4 N–H and O–H groups in total. The molecule has 0 aliphatic carbocycles. The van der Waals surface area contributed by atoms with Crippen molar-refractivity contribution in [2.24, 2.45) is 5.14 Å². The van der Waals surface area contributed by atoms with Crippen molar-refractivity contribution in [3.63, 3.8) is 0 Å². The molecule has 0 saturated carbocycles. The van der Waals surface area contributed by atoms with Crippen molar-refractivity contribution in [3.05, 3.63) is 89.5 Å². The summed E-state index contributed by atoms with van der Waals surface area (Å²) in [5, 5.41) is 26.2. The van der Waals surface area contributed by atoms with E-state index in [-0.39, 0.29) is 16.9 Å². The molecule has 0 bridgehead atoms. The Morgan fingerprint density at radius 1 is 1.03 bits per heavy atom. The Kier molecular flexibility index (Phi) is 6.68. The van der Waals surface area contributed by atoms with Crippen LogP contribution >= 0.6 is 0 Å². The fraction of sp³-hybridized carbons (Fsp3) is 0.0870. The first-order valence-electron chi connectivity index (χ1n) is 9.44. The normalized spacial score (nSPS) is 11.9. The minimum absolute atomic E-state index is 0.0103. The van der Waals surface area contributed by atoms with E-state index in [9.17, 15) is 23.1 Å². The molecule has 162 valence electrons. The first-order valence-corrected chi connectivity index (χ1v) is 11.0. The van der Waals surface area contributed by atoms with Gasteiger partial charge < -0.3 is 10.4 Å². The van der Waals surface area contributed by atoms with Crippen molar-refractivity contribution in [3.8, 4) is 17.2 Å². The zero-order valence-corrected chi connectivity index (χ0v) is 17.5. The Balaban J connectivity index is 1.79. The summed E-state index contributed by atoms with van der Waals surface area (Å²) in [6.07, 6.45) is 0.0103. The monoisotopic (exact) mass is 449 g/mol. The third kappa shape index (κ3) is 5.37. The molecule has 0 fully saturated rings. The zero-order chi connectivity index (χ0) is 23.3. The molecule has 0 radical (unpaired) electrons. The minimum Gasteiger partial charge on any atom is -0.480 e. The van der Waals surface area contributed by atoms with Crippen LogP contribution in [0.5, 0.6) is 0 Å². The summed E-state index contributed by atoms with van der Waals surface area (Å²) in [6, 6.07) is 19.6. The Morgan fingerprint density at radius 3 is 2.34 bits per heavy atom. The molecule has 3 aromatic rings. The molecule has 1 unspecified atom stereocenters. The van der Waals surface area contributed by atoms with Gasteiger partial charge in [0.2, 0.25) is 10.0 Å². The van der Waals surface area contributed by atoms with Crippen LogP contribution in [0.4, 0.5) is 0 Å². The van der Waals surface area contributed by atoms with E-state index >= 15 is 0 Å². The third-order valence-corrected chi connectivity index (χ3v) is 5.72. The Bertz CT molecular complexity index is 1310. The molecule has 3 rings (SSSR count). The van der Waals surface area contributed by atoms with Crippen LogP contribution in [0.3, 0.4) is 0 Å². The number of nitrogens with two attached hydrogens (primary N) is 1. The lowest BCUT2D eigenvalue weighted by Gasteiger charge is -2.15. The van der Waals surface area contributed by atoms with E-state index in [1.807, 2.05) is 6.07 Å². The maximum atomic E-state index is 12.6. The molecule has 0 aliphatic heterocycles. The predicted octanol–water partition coefficient (Wildman–Crippen LogP) is 2.30. The van der Waals surface area contributed by atoms with Crippen LogP contribution in [-0.2, 0) is 21.2 Å². The van der Waals surface area contributed by atoms with Gasteiger partial charge in [0.1, 0.15) is 6.04 Å². The highest BCUT2D eigenvalue weighted by molar-refractivity contribution is 7.89. The van der Waals surface area contributed by atoms with Crippen molar-refractivity contribution in [1.29, 1.82) is 5.26 Å². The molecule has 0 heterocycles. The lowest BCUT2D eigenvalue weighted by atomic mass is 10.0. The fourth-order valence-electron chi connectivity index (χ4n) is 3.20. The Hall–Kier alpha value is -4.00. The topological polar surface area (TPSA) is 150 Å². The molecule has 9 heteroatoms. The van der Waals surface area contributed by atoms with E-state index < -0.39 is 27.9 Å². The molecule has 32 heavy (non-hydrogen) atoms. The van der Waals surface area contributed by atoms with Gasteiger partial charge in [0.25, 0.3) is 5.91 Å². The van der Waals surface area contributed by atoms with E-state index in [0.717, 1.165) is 0 Å². The molecule has 0 aliphatic rings. The number of carboxylic acid groups (broad SMARTS) is 1. The van der Waals surface area contributed by atoms with E-state index in [1.54, 1.807) is 54.6 Å². The van der Waals surface area contributed by atoms with Crippen molar-refractivity contribution < 1.29 is 23.1 Å². The average molecular weight is 449 g/mol. The lowest BCUT2D eigenvalue weighted by molar-refractivity contribution is -0.139. The van der Waals surface area contributed by atoms with Gasteiger partial charge in [0.15, 0.2) is 0 Å².